The van der Waals surface area contributed by atoms with Crippen molar-refractivity contribution in [2.24, 2.45) is 5.73 Å². The van der Waals surface area contributed by atoms with E-state index in [-0.39, 0.29) is 11.6 Å². The molecule has 0 fully saturated rings. The van der Waals surface area contributed by atoms with E-state index >= 15 is 0 Å². The van der Waals surface area contributed by atoms with Gasteiger partial charge >= 0.3 is 0 Å². The Labute approximate surface area is 87.1 Å². The highest BCUT2D eigenvalue weighted by Crippen LogP contribution is 2.10. The molecular formula is C11H13N3O. The second-order valence-corrected chi connectivity index (χ2v) is 3.78. The summed E-state index contributed by atoms with van der Waals surface area (Å²) < 4.78 is 0. The van der Waals surface area contributed by atoms with Gasteiger partial charge in [0.05, 0.1) is 17.2 Å². The van der Waals surface area contributed by atoms with Gasteiger partial charge in [-0.25, -0.2) is 4.98 Å². The molecule has 0 aliphatic rings. The number of nitrogens with one attached hydrogen (secondary N) is 1. The Bertz CT molecular complexity index is 531. The zero-order valence-electron chi connectivity index (χ0n) is 8.53. The minimum Gasteiger partial charge on any atom is -0.328 e. The lowest BCUT2D eigenvalue weighted by Gasteiger charge is -2.05. The number of hydrogen-bond donors (Lipinski definition) is 2. The summed E-state index contributed by atoms with van der Waals surface area (Å²) in [5, 5.41) is 0. The van der Waals surface area contributed by atoms with Crippen LogP contribution in [0.3, 0.4) is 0 Å². The van der Waals surface area contributed by atoms with Gasteiger partial charge in [-0.1, -0.05) is 6.07 Å². The first kappa shape index (κ1) is 9.86. The number of nitrogens with zero attached hydrogens (tertiary/aromatic N) is 1. The molecule has 1 unspecified atom stereocenters. The molecule has 15 heavy (non-hydrogen) atoms. The topological polar surface area (TPSA) is 71.8 Å². The summed E-state index contributed by atoms with van der Waals surface area (Å²) in [6.07, 6.45) is 2.11. The normalized spacial score (nSPS) is 12.9. The van der Waals surface area contributed by atoms with E-state index in [1.807, 2.05) is 25.1 Å². The third-order valence-corrected chi connectivity index (χ3v) is 2.20. The van der Waals surface area contributed by atoms with Crippen molar-refractivity contribution in [1.29, 1.82) is 0 Å². The number of benzene rings is 1. The van der Waals surface area contributed by atoms with Crippen molar-refractivity contribution in [3.8, 4) is 0 Å². The standard InChI is InChI=1S/C11H13N3O/c1-7(12)4-8-2-3-9-10(5-8)13-6-11(15)14-9/h2-3,5-7H,4,12H2,1H3,(H,14,15). The molecule has 78 valence electrons. The molecule has 0 radical (unpaired) electrons. The van der Waals surface area contributed by atoms with E-state index in [9.17, 15) is 4.79 Å². The summed E-state index contributed by atoms with van der Waals surface area (Å²) >= 11 is 0. The van der Waals surface area contributed by atoms with Crippen LogP contribution in [0, 0.1) is 0 Å². The van der Waals surface area contributed by atoms with E-state index in [4.69, 9.17) is 5.73 Å². The van der Waals surface area contributed by atoms with E-state index in [0.29, 0.717) is 0 Å². The third kappa shape index (κ3) is 2.22. The minimum atomic E-state index is -0.178. The monoisotopic (exact) mass is 203 g/mol. The predicted molar refractivity (Wildman–Crippen MR) is 59.7 cm³/mol. The van der Waals surface area contributed by atoms with Crippen molar-refractivity contribution >= 4 is 11.0 Å². The Morgan fingerprint density at radius 3 is 3.07 bits per heavy atom. The number of rotatable bonds is 2. The molecule has 0 bridgehead atoms. The summed E-state index contributed by atoms with van der Waals surface area (Å²) in [6, 6.07) is 5.91. The maximum atomic E-state index is 11.0. The first-order chi connectivity index (χ1) is 7.15. The van der Waals surface area contributed by atoms with E-state index in [1.54, 1.807) is 0 Å². The molecule has 0 spiro atoms. The molecule has 0 amide bonds. The van der Waals surface area contributed by atoms with Crippen LogP contribution in [0.4, 0.5) is 0 Å². The minimum absolute atomic E-state index is 0.130. The second-order valence-electron chi connectivity index (χ2n) is 3.78. The van der Waals surface area contributed by atoms with Gasteiger partial charge in [0, 0.05) is 6.04 Å². The maximum Gasteiger partial charge on any atom is 0.266 e. The van der Waals surface area contributed by atoms with Gasteiger partial charge in [-0.15, -0.1) is 0 Å². The van der Waals surface area contributed by atoms with Crippen LogP contribution in [0.5, 0.6) is 0 Å². The van der Waals surface area contributed by atoms with Crippen LogP contribution in [0.25, 0.3) is 11.0 Å². The average Bonchev–Trinajstić information content (AvgIpc) is 2.17. The van der Waals surface area contributed by atoms with Crippen molar-refractivity contribution in [2.75, 3.05) is 0 Å². The van der Waals surface area contributed by atoms with Gasteiger partial charge in [-0.2, -0.15) is 0 Å². The van der Waals surface area contributed by atoms with Crippen LogP contribution in [-0.2, 0) is 6.42 Å². The molecule has 0 aliphatic carbocycles. The van der Waals surface area contributed by atoms with Crippen LogP contribution in [0.15, 0.2) is 29.2 Å². The molecule has 1 heterocycles. The molecule has 4 heteroatoms. The Hall–Kier alpha value is -1.68. The number of H-pyrrole nitrogens is 1. The summed E-state index contributed by atoms with van der Waals surface area (Å²) in [7, 11) is 0. The number of fused-ring (bicyclic) bond motifs is 1. The molecule has 0 aliphatic heterocycles. The Morgan fingerprint density at radius 2 is 2.33 bits per heavy atom. The van der Waals surface area contributed by atoms with E-state index in [0.717, 1.165) is 23.0 Å². The fraction of sp³-hybridized carbons (Fsp3) is 0.273. The summed E-state index contributed by atoms with van der Waals surface area (Å²) in [6.45, 7) is 1.96. The molecule has 2 aromatic rings. The predicted octanol–water partition coefficient (Wildman–Crippen LogP) is 0.813. The van der Waals surface area contributed by atoms with E-state index in [2.05, 4.69) is 9.97 Å². The van der Waals surface area contributed by atoms with Gasteiger partial charge < -0.3 is 10.7 Å². The van der Waals surface area contributed by atoms with Crippen LogP contribution < -0.4 is 11.3 Å². The first-order valence-corrected chi connectivity index (χ1v) is 4.89. The summed E-state index contributed by atoms with van der Waals surface area (Å²) in [4.78, 5) is 17.8. The van der Waals surface area contributed by atoms with E-state index < -0.39 is 0 Å². The number of nitrogens with two attached hydrogens (primary N) is 1. The van der Waals surface area contributed by atoms with Gasteiger partial charge in [-0.05, 0) is 31.0 Å². The van der Waals surface area contributed by atoms with Crippen molar-refractivity contribution in [2.45, 2.75) is 19.4 Å². The smallest absolute Gasteiger partial charge is 0.266 e. The van der Waals surface area contributed by atoms with Crippen LogP contribution in [0.2, 0.25) is 0 Å². The highest BCUT2D eigenvalue weighted by Gasteiger charge is 2.00. The molecule has 0 saturated heterocycles. The highest BCUT2D eigenvalue weighted by atomic mass is 16.1. The summed E-state index contributed by atoms with van der Waals surface area (Å²) in [5.41, 5.74) is 8.23. The fourth-order valence-electron chi connectivity index (χ4n) is 1.58. The lowest BCUT2D eigenvalue weighted by Crippen LogP contribution is -2.17. The zero-order chi connectivity index (χ0) is 10.8. The molecule has 1 atom stereocenters. The van der Waals surface area contributed by atoms with Crippen molar-refractivity contribution < 1.29 is 0 Å². The zero-order valence-corrected chi connectivity index (χ0v) is 8.53. The van der Waals surface area contributed by atoms with Gasteiger partial charge in [0.15, 0.2) is 0 Å². The lowest BCUT2D eigenvalue weighted by molar-refractivity contribution is 0.738. The Balaban J connectivity index is 2.47. The van der Waals surface area contributed by atoms with Gasteiger partial charge in [-0.3, -0.25) is 4.79 Å². The van der Waals surface area contributed by atoms with Crippen LogP contribution in [-0.4, -0.2) is 16.0 Å². The molecule has 2 rings (SSSR count). The summed E-state index contributed by atoms with van der Waals surface area (Å²) in [5.74, 6) is 0. The number of hydrogen-bond acceptors (Lipinski definition) is 3. The first-order valence-electron chi connectivity index (χ1n) is 4.89. The van der Waals surface area contributed by atoms with Gasteiger partial charge in [0.25, 0.3) is 5.56 Å². The molecule has 0 saturated carbocycles. The third-order valence-electron chi connectivity index (χ3n) is 2.20. The fourth-order valence-corrected chi connectivity index (χ4v) is 1.58. The van der Waals surface area contributed by atoms with Crippen molar-refractivity contribution in [3.63, 3.8) is 0 Å². The van der Waals surface area contributed by atoms with Crippen molar-refractivity contribution in [1.82, 2.24) is 9.97 Å². The van der Waals surface area contributed by atoms with Crippen molar-refractivity contribution in [3.05, 3.63) is 40.3 Å². The lowest BCUT2D eigenvalue weighted by atomic mass is 10.1. The molecule has 3 N–H and O–H groups in total. The van der Waals surface area contributed by atoms with Gasteiger partial charge in [0.1, 0.15) is 0 Å². The largest absolute Gasteiger partial charge is 0.328 e. The molecule has 1 aromatic heterocycles. The number of aromatic nitrogens is 2. The molecule has 1 aromatic carbocycles. The van der Waals surface area contributed by atoms with Crippen LogP contribution >= 0.6 is 0 Å². The van der Waals surface area contributed by atoms with E-state index in [1.165, 1.54) is 6.20 Å². The SMILES string of the molecule is CC(N)Cc1ccc2[nH]c(=O)cnc2c1. The Morgan fingerprint density at radius 1 is 1.53 bits per heavy atom. The number of aromatic amines is 1. The highest BCUT2D eigenvalue weighted by molar-refractivity contribution is 5.74. The maximum absolute atomic E-state index is 11.0. The van der Waals surface area contributed by atoms with Gasteiger partial charge in [0.2, 0.25) is 0 Å². The second kappa shape index (κ2) is 3.82. The Kier molecular flexibility index (Phi) is 2.51. The molecular weight excluding hydrogens is 190 g/mol. The quantitative estimate of drug-likeness (QED) is 0.758. The molecule has 4 nitrogen and oxygen atoms in total. The van der Waals surface area contributed by atoms with Crippen LogP contribution in [0.1, 0.15) is 12.5 Å². The average molecular weight is 203 g/mol.